The van der Waals surface area contributed by atoms with E-state index in [4.69, 9.17) is 0 Å². The Labute approximate surface area is 143 Å². The maximum Gasteiger partial charge on any atom is 0.0931 e. The monoisotopic (exact) mass is 317 g/mol. The van der Waals surface area contributed by atoms with Gasteiger partial charge in [-0.25, -0.2) is 0 Å². The van der Waals surface area contributed by atoms with Crippen LogP contribution in [0.1, 0.15) is 18.2 Å². The molecule has 0 aliphatic rings. The second-order valence-corrected chi connectivity index (χ2v) is 5.72. The van der Waals surface area contributed by atoms with Gasteiger partial charge in [-0.2, -0.15) is 0 Å². The van der Waals surface area contributed by atoms with E-state index in [1.165, 1.54) is 16.5 Å². The van der Waals surface area contributed by atoms with E-state index in [0.29, 0.717) is 6.54 Å². The first-order valence-electron chi connectivity index (χ1n) is 8.36. The van der Waals surface area contributed by atoms with Gasteiger partial charge >= 0.3 is 0 Å². The van der Waals surface area contributed by atoms with Gasteiger partial charge in [0.1, 0.15) is 0 Å². The SMILES string of the molecule is CCn1c(C#CCNc2ccccc2)cc2cc(CNC)ccc21. The van der Waals surface area contributed by atoms with Crippen LogP contribution in [0.4, 0.5) is 5.69 Å². The van der Waals surface area contributed by atoms with Gasteiger partial charge in [-0.05, 0) is 55.8 Å². The van der Waals surface area contributed by atoms with E-state index in [0.717, 1.165) is 24.5 Å². The number of anilines is 1. The Morgan fingerprint density at radius 3 is 2.62 bits per heavy atom. The fraction of sp³-hybridized carbons (Fsp3) is 0.238. The zero-order chi connectivity index (χ0) is 16.8. The molecule has 0 radical (unpaired) electrons. The Morgan fingerprint density at radius 2 is 1.88 bits per heavy atom. The number of para-hydroxylation sites is 1. The van der Waals surface area contributed by atoms with Crippen LogP contribution in [-0.2, 0) is 13.1 Å². The summed E-state index contributed by atoms with van der Waals surface area (Å²) in [6, 6.07) is 19.0. The van der Waals surface area contributed by atoms with Crippen LogP contribution in [0.5, 0.6) is 0 Å². The van der Waals surface area contributed by atoms with E-state index in [1.54, 1.807) is 0 Å². The first kappa shape index (κ1) is 16.2. The smallest absolute Gasteiger partial charge is 0.0931 e. The predicted molar refractivity (Wildman–Crippen MR) is 102 cm³/mol. The normalized spacial score (nSPS) is 10.4. The van der Waals surface area contributed by atoms with Crippen molar-refractivity contribution < 1.29 is 0 Å². The molecule has 1 aromatic heterocycles. The van der Waals surface area contributed by atoms with Crippen LogP contribution >= 0.6 is 0 Å². The summed E-state index contributed by atoms with van der Waals surface area (Å²) < 4.78 is 2.27. The van der Waals surface area contributed by atoms with Crippen LogP contribution in [0, 0.1) is 11.8 Å². The number of aromatic nitrogens is 1. The minimum atomic E-state index is 0.639. The van der Waals surface area contributed by atoms with Crippen molar-refractivity contribution in [3.05, 3.63) is 65.9 Å². The number of rotatable bonds is 5. The molecule has 0 aliphatic heterocycles. The minimum absolute atomic E-state index is 0.639. The maximum atomic E-state index is 3.32. The van der Waals surface area contributed by atoms with Crippen LogP contribution < -0.4 is 10.6 Å². The van der Waals surface area contributed by atoms with Gasteiger partial charge in [0.25, 0.3) is 0 Å². The Bertz CT molecular complexity index is 866. The van der Waals surface area contributed by atoms with Gasteiger partial charge in [0.15, 0.2) is 0 Å². The van der Waals surface area contributed by atoms with Crippen LogP contribution in [0.15, 0.2) is 54.6 Å². The van der Waals surface area contributed by atoms with Crippen molar-refractivity contribution in [2.75, 3.05) is 18.9 Å². The molecule has 3 heteroatoms. The second kappa shape index (κ2) is 7.72. The van der Waals surface area contributed by atoms with E-state index >= 15 is 0 Å². The van der Waals surface area contributed by atoms with Gasteiger partial charge in [0, 0.05) is 29.7 Å². The van der Waals surface area contributed by atoms with Gasteiger partial charge in [0.2, 0.25) is 0 Å². The molecule has 0 amide bonds. The largest absolute Gasteiger partial charge is 0.374 e. The molecule has 122 valence electrons. The molecule has 3 nitrogen and oxygen atoms in total. The lowest BCUT2D eigenvalue weighted by atomic mass is 10.1. The number of nitrogens with one attached hydrogen (secondary N) is 2. The van der Waals surface area contributed by atoms with E-state index in [2.05, 4.69) is 58.2 Å². The van der Waals surface area contributed by atoms with E-state index in [-0.39, 0.29) is 0 Å². The van der Waals surface area contributed by atoms with Crippen LogP contribution in [0.2, 0.25) is 0 Å². The molecule has 3 aromatic rings. The lowest BCUT2D eigenvalue weighted by Gasteiger charge is -2.04. The summed E-state index contributed by atoms with van der Waals surface area (Å²) in [7, 11) is 1.97. The van der Waals surface area contributed by atoms with E-state index in [1.807, 2.05) is 37.4 Å². The third-order valence-electron chi connectivity index (χ3n) is 4.03. The average Bonchev–Trinajstić information content (AvgIpc) is 2.96. The standard InChI is InChI=1S/C21H23N3/c1-3-24-20(10-7-13-23-19-8-5-4-6-9-19)15-18-14-17(16-22-2)11-12-21(18)24/h4-6,8-9,11-12,14-15,22-23H,3,13,16H2,1-2H3. The summed E-state index contributed by atoms with van der Waals surface area (Å²) in [5.74, 6) is 6.54. The maximum absolute atomic E-state index is 3.32. The summed E-state index contributed by atoms with van der Waals surface area (Å²) in [6.45, 7) is 4.61. The second-order valence-electron chi connectivity index (χ2n) is 5.72. The highest BCUT2D eigenvalue weighted by molar-refractivity contribution is 5.83. The van der Waals surface area contributed by atoms with Crippen molar-refractivity contribution in [3.8, 4) is 11.8 Å². The molecule has 0 saturated heterocycles. The summed E-state index contributed by atoms with van der Waals surface area (Å²) in [4.78, 5) is 0. The Kier molecular flexibility index (Phi) is 5.20. The average molecular weight is 317 g/mol. The molecule has 24 heavy (non-hydrogen) atoms. The van der Waals surface area contributed by atoms with E-state index < -0.39 is 0 Å². The third-order valence-corrected chi connectivity index (χ3v) is 4.03. The molecule has 0 aliphatic carbocycles. The van der Waals surface area contributed by atoms with Gasteiger partial charge < -0.3 is 15.2 Å². The first-order valence-corrected chi connectivity index (χ1v) is 8.36. The molecule has 0 saturated carbocycles. The predicted octanol–water partition coefficient (Wildman–Crippen LogP) is 3.84. The van der Waals surface area contributed by atoms with Crippen molar-refractivity contribution in [1.29, 1.82) is 0 Å². The molecule has 2 aromatic carbocycles. The zero-order valence-electron chi connectivity index (χ0n) is 14.3. The van der Waals surface area contributed by atoms with Gasteiger partial charge in [-0.3, -0.25) is 0 Å². The first-order chi connectivity index (χ1) is 11.8. The molecule has 1 heterocycles. The Balaban J connectivity index is 1.80. The molecule has 2 N–H and O–H groups in total. The number of nitrogens with zero attached hydrogens (tertiary/aromatic N) is 1. The summed E-state index contributed by atoms with van der Waals surface area (Å²) >= 11 is 0. The van der Waals surface area contributed by atoms with Gasteiger partial charge in [-0.15, -0.1) is 0 Å². The highest BCUT2D eigenvalue weighted by Gasteiger charge is 2.06. The lowest BCUT2D eigenvalue weighted by molar-refractivity contribution is 0.786. The third kappa shape index (κ3) is 3.61. The summed E-state index contributed by atoms with van der Waals surface area (Å²) in [5.41, 5.74) is 4.71. The highest BCUT2D eigenvalue weighted by Crippen LogP contribution is 2.21. The van der Waals surface area contributed by atoms with Gasteiger partial charge in [-0.1, -0.05) is 30.2 Å². The molecular weight excluding hydrogens is 294 g/mol. The van der Waals surface area contributed by atoms with Crippen molar-refractivity contribution >= 4 is 16.6 Å². The van der Waals surface area contributed by atoms with Crippen LogP contribution in [0.3, 0.4) is 0 Å². The number of fused-ring (bicyclic) bond motifs is 1. The number of hydrogen-bond acceptors (Lipinski definition) is 2. The molecule has 0 bridgehead atoms. The fourth-order valence-corrected chi connectivity index (χ4v) is 2.92. The van der Waals surface area contributed by atoms with Gasteiger partial charge in [0.05, 0.1) is 12.2 Å². The molecule has 0 unspecified atom stereocenters. The fourth-order valence-electron chi connectivity index (χ4n) is 2.92. The van der Waals surface area contributed by atoms with Crippen molar-refractivity contribution in [2.45, 2.75) is 20.0 Å². The molecule has 0 spiro atoms. The quantitative estimate of drug-likeness (QED) is 0.700. The number of benzene rings is 2. The number of hydrogen-bond donors (Lipinski definition) is 2. The highest BCUT2D eigenvalue weighted by atomic mass is 15.0. The summed E-state index contributed by atoms with van der Waals surface area (Å²) in [5, 5.41) is 7.77. The topological polar surface area (TPSA) is 29.0 Å². The van der Waals surface area contributed by atoms with Crippen molar-refractivity contribution in [3.63, 3.8) is 0 Å². The van der Waals surface area contributed by atoms with E-state index in [9.17, 15) is 0 Å². The molecule has 0 atom stereocenters. The van der Waals surface area contributed by atoms with Crippen LogP contribution in [-0.4, -0.2) is 18.2 Å². The van der Waals surface area contributed by atoms with Crippen molar-refractivity contribution in [1.82, 2.24) is 9.88 Å². The molecule has 0 fully saturated rings. The molecule has 3 rings (SSSR count). The minimum Gasteiger partial charge on any atom is -0.374 e. The van der Waals surface area contributed by atoms with Crippen molar-refractivity contribution in [2.24, 2.45) is 0 Å². The van der Waals surface area contributed by atoms with Crippen LogP contribution in [0.25, 0.3) is 10.9 Å². The summed E-state index contributed by atoms with van der Waals surface area (Å²) in [6.07, 6.45) is 0. The zero-order valence-corrected chi connectivity index (χ0v) is 14.3. The Morgan fingerprint density at radius 1 is 1.04 bits per heavy atom. The Hall–Kier alpha value is -2.70. The molecular formula is C21H23N3. The number of aryl methyl sites for hydroxylation is 1. The lowest BCUT2D eigenvalue weighted by Crippen LogP contribution is -2.04.